The van der Waals surface area contributed by atoms with Gasteiger partial charge in [0.1, 0.15) is 13.2 Å². The zero-order valence-electron chi connectivity index (χ0n) is 8.47. The normalized spacial score (nSPS) is 10.6. The summed E-state index contributed by atoms with van der Waals surface area (Å²) in [6.07, 6.45) is 1.57. The number of likely N-dealkylation sites (N-methyl/N-ethyl adjacent to an activating group) is 1. The summed E-state index contributed by atoms with van der Waals surface area (Å²) in [5.74, 6) is 0.887. The maximum Gasteiger partial charge on any atom is 0.216 e. The first-order valence-corrected chi connectivity index (χ1v) is 4.42. The van der Waals surface area contributed by atoms with Crippen molar-refractivity contribution >= 4 is 0 Å². The van der Waals surface area contributed by atoms with E-state index in [4.69, 9.17) is 9.84 Å². The van der Waals surface area contributed by atoms with Crippen LogP contribution in [0.15, 0.2) is 12.3 Å². The molecule has 78 valence electrons. The summed E-state index contributed by atoms with van der Waals surface area (Å²) in [4.78, 5) is 9.86. The molecule has 0 spiro atoms. The molecule has 0 aliphatic heterocycles. The predicted octanol–water partition coefficient (Wildman–Crippen LogP) is -0.0907. The van der Waals surface area contributed by atoms with Gasteiger partial charge in [-0.25, -0.2) is 4.98 Å². The standard InChI is InChI=1S/C9H15N3O2/c1-12(2)5-6-14-9-3-4-10-8(7-13)11-9/h3-4,13H,5-7H2,1-2H3. The summed E-state index contributed by atoms with van der Waals surface area (Å²) in [6, 6.07) is 1.68. The number of aliphatic hydroxyl groups is 1. The van der Waals surface area contributed by atoms with Gasteiger partial charge in [0.2, 0.25) is 5.88 Å². The highest BCUT2D eigenvalue weighted by atomic mass is 16.5. The summed E-state index contributed by atoms with van der Waals surface area (Å²) in [7, 11) is 3.95. The number of aromatic nitrogens is 2. The SMILES string of the molecule is CN(C)CCOc1ccnc(CO)n1. The molecule has 5 heteroatoms. The molecule has 0 amide bonds. The Morgan fingerprint density at radius 3 is 2.93 bits per heavy atom. The van der Waals surface area contributed by atoms with Gasteiger partial charge in [0.15, 0.2) is 5.82 Å². The summed E-state index contributed by atoms with van der Waals surface area (Å²) in [6.45, 7) is 1.25. The van der Waals surface area contributed by atoms with Crippen molar-refractivity contribution in [3.05, 3.63) is 18.1 Å². The predicted molar refractivity (Wildman–Crippen MR) is 52.0 cm³/mol. The number of aliphatic hydroxyl groups excluding tert-OH is 1. The molecule has 0 saturated heterocycles. The molecule has 0 atom stereocenters. The van der Waals surface area contributed by atoms with Crippen LogP contribution in [0.4, 0.5) is 0 Å². The average molecular weight is 197 g/mol. The number of rotatable bonds is 5. The molecule has 0 aliphatic rings. The maximum atomic E-state index is 8.79. The van der Waals surface area contributed by atoms with Crippen molar-refractivity contribution in [3.63, 3.8) is 0 Å². The van der Waals surface area contributed by atoms with Gasteiger partial charge in [-0.1, -0.05) is 0 Å². The molecule has 0 unspecified atom stereocenters. The Kier molecular flexibility index (Phi) is 4.28. The highest BCUT2D eigenvalue weighted by Crippen LogP contribution is 2.04. The van der Waals surface area contributed by atoms with E-state index >= 15 is 0 Å². The van der Waals surface area contributed by atoms with E-state index in [2.05, 4.69) is 9.97 Å². The molecule has 0 bridgehead atoms. The zero-order chi connectivity index (χ0) is 10.4. The Balaban J connectivity index is 2.42. The topological polar surface area (TPSA) is 58.5 Å². The molecule has 1 N–H and O–H groups in total. The molecule has 14 heavy (non-hydrogen) atoms. The molecular formula is C9H15N3O2. The second kappa shape index (κ2) is 5.51. The third kappa shape index (κ3) is 3.68. The molecule has 5 nitrogen and oxygen atoms in total. The van der Waals surface area contributed by atoms with Gasteiger partial charge in [-0.2, -0.15) is 4.98 Å². The van der Waals surface area contributed by atoms with Crippen LogP contribution in [0.25, 0.3) is 0 Å². The molecule has 1 aromatic rings. The fraction of sp³-hybridized carbons (Fsp3) is 0.556. The van der Waals surface area contributed by atoms with Gasteiger partial charge < -0.3 is 14.7 Å². The van der Waals surface area contributed by atoms with Crippen LogP contribution >= 0.6 is 0 Å². The third-order valence-corrected chi connectivity index (χ3v) is 1.61. The molecule has 0 aromatic carbocycles. The van der Waals surface area contributed by atoms with Crippen LogP contribution in [0.5, 0.6) is 5.88 Å². The summed E-state index contributed by atoms with van der Waals surface area (Å²) in [5, 5.41) is 8.79. The second-order valence-corrected chi connectivity index (χ2v) is 3.12. The van der Waals surface area contributed by atoms with Crippen LogP contribution in [0, 0.1) is 0 Å². The molecule has 0 fully saturated rings. The van der Waals surface area contributed by atoms with Crippen molar-refractivity contribution in [1.29, 1.82) is 0 Å². The molecule has 1 heterocycles. The van der Waals surface area contributed by atoms with E-state index in [0.29, 0.717) is 18.3 Å². The molecule has 0 saturated carbocycles. The highest BCUT2D eigenvalue weighted by Gasteiger charge is 1.98. The number of ether oxygens (including phenoxy) is 1. The smallest absolute Gasteiger partial charge is 0.216 e. The summed E-state index contributed by atoms with van der Waals surface area (Å²) >= 11 is 0. The number of nitrogens with zero attached hydrogens (tertiary/aromatic N) is 3. The van der Waals surface area contributed by atoms with Crippen LogP contribution in [0.3, 0.4) is 0 Å². The van der Waals surface area contributed by atoms with Crippen molar-refractivity contribution < 1.29 is 9.84 Å². The molecule has 1 rings (SSSR count). The third-order valence-electron chi connectivity index (χ3n) is 1.61. The Bertz CT molecular complexity index is 279. The van der Waals surface area contributed by atoms with E-state index < -0.39 is 0 Å². The lowest BCUT2D eigenvalue weighted by Crippen LogP contribution is -2.19. The largest absolute Gasteiger partial charge is 0.476 e. The fourth-order valence-corrected chi connectivity index (χ4v) is 0.870. The Labute approximate surface area is 83.4 Å². The fourth-order valence-electron chi connectivity index (χ4n) is 0.870. The Hall–Kier alpha value is -1.20. The van der Waals surface area contributed by atoms with E-state index in [-0.39, 0.29) is 6.61 Å². The minimum Gasteiger partial charge on any atom is -0.476 e. The monoisotopic (exact) mass is 197 g/mol. The van der Waals surface area contributed by atoms with E-state index in [1.54, 1.807) is 12.3 Å². The average Bonchev–Trinajstić information content (AvgIpc) is 2.18. The molecule has 0 aliphatic carbocycles. The van der Waals surface area contributed by atoms with Crippen molar-refractivity contribution in [2.45, 2.75) is 6.61 Å². The minimum absolute atomic E-state index is 0.162. The molecule has 0 radical (unpaired) electrons. The quantitative estimate of drug-likeness (QED) is 0.715. The Morgan fingerprint density at radius 2 is 2.29 bits per heavy atom. The van der Waals surface area contributed by atoms with Gasteiger partial charge >= 0.3 is 0 Å². The highest BCUT2D eigenvalue weighted by molar-refractivity contribution is 5.07. The molecule has 1 aromatic heterocycles. The van der Waals surface area contributed by atoms with Gasteiger partial charge in [0, 0.05) is 18.8 Å². The first-order chi connectivity index (χ1) is 6.72. The first kappa shape index (κ1) is 10.9. The van der Waals surface area contributed by atoms with E-state index in [9.17, 15) is 0 Å². The summed E-state index contributed by atoms with van der Waals surface area (Å²) < 4.78 is 5.36. The zero-order valence-corrected chi connectivity index (χ0v) is 8.47. The number of hydrogen-bond donors (Lipinski definition) is 1. The van der Waals surface area contributed by atoms with Crippen molar-refractivity contribution in [2.75, 3.05) is 27.2 Å². The van der Waals surface area contributed by atoms with Gasteiger partial charge in [-0.05, 0) is 14.1 Å². The van der Waals surface area contributed by atoms with Crippen LogP contribution in [0.2, 0.25) is 0 Å². The van der Waals surface area contributed by atoms with Crippen molar-refractivity contribution in [1.82, 2.24) is 14.9 Å². The van der Waals surface area contributed by atoms with Gasteiger partial charge in [0.05, 0.1) is 0 Å². The summed E-state index contributed by atoms with van der Waals surface area (Å²) in [5.41, 5.74) is 0. The van der Waals surface area contributed by atoms with E-state index in [1.165, 1.54) is 0 Å². The van der Waals surface area contributed by atoms with Crippen molar-refractivity contribution in [2.24, 2.45) is 0 Å². The lowest BCUT2D eigenvalue weighted by atomic mass is 10.5. The van der Waals surface area contributed by atoms with Crippen molar-refractivity contribution in [3.8, 4) is 5.88 Å². The molecular weight excluding hydrogens is 182 g/mol. The first-order valence-electron chi connectivity index (χ1n) is 4.42. The van der Waals surface area contributed by atoms with Crippen LogP contribution in [0.1, 0.15) is 5.82 Å². The Morgan fingerprint density at radius 1 is 1.50 bits per heavy atom. The van der Waals surface area contributed by atoms with Gasteiger partial charge in [0.25, 0.3) is 0 Å². The van der Waals surface area contributed by atoms with E-state index in [0.717, 1.165) is 6.54 Å². The van der Waals surface area contributed by atoms with Crippen LogP contribution in [-0.4, -0.2) is 47.2 Å². The van der Waals surface area contributed by atoms with Crippen LogP contribution < -0.4 is 4.74 Å². The second-order valence-electron chi connectivity index (χ2n) is 3.12. The lowest BCUT2D eigenvalue weighted by molar-refractivity contribution is 0.244. The van der Waals surface area contributed by atoms with Crippen LogP contribution in [-0.2, 0) is 6.61 Å². The van der Waals surface area contributed by atoms with Gasteiger partial charge in [-0.15, -0.1) is 0 Å². The minimum atomic E-state index is -0.162. The van der Waals surface area contributed by atoms with Gasteiger partial charge in [-0.3, -0.25) is 0 Å². The lowest BCUT2D eigenvalue weighted by Gasteiger charge is -2.10. The number of hydrogen-bond acceptors (Lipinski definition) is 5. The van der Waals surface area contributed by atoms with E-state index in [1.807, 2.05) is 19.0 Å². The maximum absolute atomic E-state index is 8.79.